The zero-order valence-corrected chi connectivity index (χ0v) is 18.2. The number of halogens is 1. The van der Waals surface area contributed by atoms with Crippen LogP contribution in [0.2, 0.25) is 0 Å². The molecule has 0 aromatic rings. The summed E-state index contributed by atoms with van der Waals surface area (Å²) in [4.78, 5) is 7.18. The van der Waals surface area contributed by atoms with E-state index in [4.69, 9.17) is 0 Å². The third kappa shape index (κ3) is 6.27. The average Bonchev–Trinajstić information content (AvgIpc) is 2.60. The first-order chi connectivity index (χ1) is 10.7. The quantitative estimate of drug-likeness (QED) is 0.380. The minimum Gasteiger partial charge on any atom is -0.355 e. The Kier molecular flexibility index (Phi) is 10.2. The van der Waals surface area contributed by atoms with E-state index >= 15 is 0 Å². The molecule has 0 bridgehead atoms. The third-order valence-corrected chi connectivity index (χ3v) is 6.21. The molecule has 6 heteroatoms. The van der Waals surface area contributed by atoms with Crippen molar-refractivity contribution in [1.29, 1.82) is 0 Å². The first-order valence-electron chi connectivity index (χ1n) is 9.00. The molecule has 2 N–H and O–H groups in total. The van der Waals surface area contributed by atoms with Crippen LogP contribution >= 0.6 is 35.7 Å². The van der Waals surface area contributed by atoms with Crippen molar-refractivity contribution < 1.29 is 0 Å². The monoisotopic (exact) mass is 454 g/mol. The minimum absolute atomic E-state index is 0. The Balaban J connectivity index is 0.00000264. The van der Waals surface area contributed by atoms with E-state index in [0.717, 1.165) is 18.9 Å². The molecule has 1 aliphatic heterocycles. The Morgan fingerprint density at radius 3 is 2.43 bits per heavy atom. The summed E-state index contributed by atoms with van der Waals surface area (Å²) in [5.74, 6) is 3.55. The minimum atomic E-state index is 0. The fourth-order valence-corrected chi connectivity index (χ4v) is 4.53. The fraction of sp³-hybridized carbons (Fsp3) is 0.941. The lowest BCUT2D eigenvalue weighted by molar-refractivity contribution is 0.0625. The summed E-state index contributed by atoms with van der Waals surface area (Å²) in [5, 5.41) is 7.13. The van der Waals surface area contributed by atoms with Crippen molar-refractivity contribution in [1.82, 2.24) is 15.5 Å². The van der Waals surface area contributed by atoms with Gasteiger partial charge in [0, 0.05) is 49.8 Å². The van der Waals surface area contributed by atoms with Crippen LogP contribution in [0.5, 0.6) is 0 Å². The number of hydrogen-bond donors (Lipinski definition) is 2. The Hall–Kier alpha value is 0.310. The summed E-state index contributed by atoms with van der Waals surface area (Å²) in [6.45, 7) is 7.96. The summed E-state index contributed by atoms with van der Waals surface area (Å²) in [6, 6.07) is 0.472. The van der Waals surface area contributed by atoms with E-state index in [1.807, 2.05) is 7.05 Å². The lowest BCUT2D eigenvalue weighted by Gasteiger charge is -2.48. The van der Waals surface area contributed by atoms with Crippen molar-refractivity contribution in [3.05, 3.63) is 0 Å². The second kappa shape index (κ2) is 11.0. The van der Waals surface area contributed by atoms with E-state index < -0.39 is 0 Å². The first-order valence-corrected chi connectivity index (χ1v) is 10.2. The lowest BCUT2D eigenvalue weighted by Crippen LogP contribution is -2.60. The molecule has 1 saturated heterocycles. The predicted molar refractivity (Wildman–Crippen MR) is 114 cm³/mol. The molecule has 1 unspecified atom stereocenters. The maximum absolute atomic E-state index is 4.41. The van der Waals surface area contributed by atoms with Crippen LogP contribution in [0, 0.1) is 0 Å². The van der Waals surface area contributed by atoms with Crippen LogP contribution < -0.4 is 10.6 Å². The van der Waals surface area contributed by atoms with Crippen molar-refractivity contribution in [2.75, 3.05) is 38.2 Å². The van der Waals surface area contributed by atoms with Crippen LogP contribution in [-0.2, 0) is 0 Å². The van der Waals surface area contributed by atoms with Gasteiger partial charge in [0.25, 0.3) is 0 Å². The third-order valence-electron chi connectivity index (χ3n) is 5.27. The molecule has 0 aromatic carbocycles. The fourth-order valence-electron chi connectivity index (χ4n) is 3.63. The van der Waals surface area contributed by atoms with Gasteiger partial charge < -0.3 is 10.6 Å². The molecule has 2 rings (SSSR count). The smallest absolute Gasteiger partial charge is 0.191 e. The van der Waals surface area contributed by atoms with Crippen LogP contribution in [0.25, 0.3) is 0 Å². The largest absolute Gasteiger partial charge is 0.355 e. The van der Waals surface area contributed by atoms with E-state index in [2.05, 4.69) is 46.1 Å². The second-order valence-electron chi connectivity index (χ2n) is 6.76. The van der Waals surface area contributed by atoms with Crippen molar-refractivity contribution in [2.45, 2.75) is 64.0 Å². The van der Waals surface area contributed by atoms with Crippen molar-refractivity contribution in [2.24, 2.45) is 4.99 Å². The molecule has 0 radical (unpaired) electrons. The highest BCUT2D eigenvalue weighted by atomic mass is 127. The zero-order chi connectivity index (χ0) is 15.8. The number of rotatable bonds is 5. The molecule has 0 amide bonds. The molecule has 136 valence electrons. The molecule has 1 saturated carbocycles. The number of nitrogens with one attached hydrogen (secondary N) is 2. The van der Waals surface area contributed by atoms with Crippen LogP contribution in [0.1, 0.15) is 52.4 Å². The predicted octanol–water partition coefficient (Wildman–Crippen LogP) is 3.32. The van der Waals surface area contributed by atoms with Crippen LogP contribution in [0.15, 0.2) is 4.99 Å². The molecule has 0 aromatic heterocycles. The molecule has 4 nitrogen and oxygen atoms in total. The molecule has 2 aliphatic rings. The summed E-state index contributed by atoms with van der Waals surface area (Å²) >= 11 is 2.10. The highest BCUT2D eigenvalue weighted by molar-refractivity contribution is 14.0. The highest BCUT2D eigenvalue weighted by Crippen LogP contribution is 2.34. The van der Waals surface area contributed by atoms with Gasteiger partial charge in [-0.1, -0.05) is 26.2 Å². The van der Waals surface area contributed by atoms with Crippen LogP contribution in [0.4, 0.5) is 0 Å². The molecule has 23 heavy (non-hydrogen) atoms. The highest BCUT2D eigenvalue weighted by Gasteiger charge is 2.38. The van der Waals surface area contributed by atoms with E-state index in [-0.39, 0.29) is 24.0 Å². The topological polar surface area (TPSA) is 39.7 Å². The molecule has 1 aliphatic carbocycles. The SMILES string of the molecule is CCC(C)NC(=NC)NCC1(N2CCSCC2)CCCCC1.I. The first kappa shape index (κ1) is 21.4. The van der Waals surface area contributed by atoms with Crippen molar-refractivity contribution >= 4 is 41.7 Å². The van der Waals surface area contributed by atoms with Crippen molar-refractivity contribution in [3.8, 4) is 0 Å². The molecular formula is C17H35IN4S. The maximum atomic E-state index is 4.41. The standard InChI is InChI=1S/C17H34N4S.HI/c1-4-15(2)20-16(18-3)19-14-17(8-6-5-7-9-17)21-10-12-22-13-11-21;/h15H,4-14H2,1-3H3,(H2,18,19,20);1H. The van der Waals surface area contributed by atoms with E-state index in [1.54, 1.807) is 0 Å². The Bertz CT molecular complexity index is 353. The van der Waals surface area contributed by atoms with Gasteiger partial charge in [0.2, 0.25) is 0 Å². The Morgan fingerprint density at radius 2 is 1.87 bits per heavy atom. The van der Waals surface area contributed by atoms with E-state index in [0.29, 0.717) is 11.6 Å². The van der Waals surface area contributed by atoms with Crippen molar-refractivity contribution in [3.63, 3.8) is 0 Å². The number of hydrogen-bond acceptors (Lipinski definition) is 3. The number of thioether (sulfide) groups is 1. The molecule has 0 spiro atoms. The van der Waals surface area contributed by atoms with Gasteiger partial charge in [-0.3, -0.25) is 9.89 Å². The average molecular weight is 454 g/mol. The number of guanidine groups is 1. The van der Waals surface area contributed by atoms with Crippen LogP contribution in [0.3, 0.4) is 0 Å². The van der Waals surface area contributed by atoms with Crippen LogP contribution in [-0.4, -0.2) is 60.6 Å². The van der Waals surface area contributed by atoms with Gasteiger partial charge in [-0.15, -0.1) is 24.0 Å². The Morgan fingerprint density at radius 1 is 1.22 bits per heavy atom. The van der Waals surface area contributed by atoms with Gasteiger partial charge >= 0.3 is 0 Å². The summed E-state index contributed by atoms with van der Waals surface area (Å²) < 4.78 is 0. The number of nitrogens with zero attached hydrogens (tertiary/aromatic N) is 2. The van der Waals surface area contributed by atoms with E-state index in [1.165, 1.54) is 56.7 Å². The molecular weight excluding hydrogens is 419 g/mol. The maximum Gasteiger partial charge on any atom is 0.191 e. The zero-order valence-electron chi connectivity index (χ0n) is 15.1. The number of aliphatic imine (C=N–C) groups is 1. The van der Waals surface area contributed by atoms with Gasteiger partial charge in [0.15, 0.2) is 5.96 Å². The summed E-state index contributed by atoms with van der Waals surface area (Å²) in [7, 11) is 1.88. The summed E-state index contributed by atoms with van der Waals surface area (Å²) in [6.07, 6.45) is 7.96. The van der Waals surface area contributed by atoms with E-state index in [9.17, 15) is 0 Å². The summed E-state index contributed by atoms with van der Waals surface area (Å²) in [5.41, 5.74) is 0.353. The van der Waals surface area contributed by atoms with Gasteiger partial charge in [-0.05, 0) is 26.2 Å². The van der Waals surface area contributed by atoms with Gasteiger partial charge in [0.1, 0.15) is 0 Å². The van der Waals surface area contributed by atoms with Gasteiger partial charge in [-0.2, -0.15) is 11.8 Å². The van der Waals surface area contributed by atoms with Gasteiger partial charge in [0.05, 0.1) is 0 Å². The second-order valence-corrected chi connectivity index (χ2v) is 7.99. The Labute approximate surface area is 164 Å². The molecule has 1 heterocycles. The normalized spacial score (nSPS) is 23.7. The lowest BCUT2D eigenvalue weighted by atomic mass is 9.80. The molecule has 2 fully saturated rings. The van der Waals surface area contributed by atoms with Gasteiger partial charge in [-0.25, -0.2) is 0 Å². The molecule has 1 atom stereocenters.